The fourth-order valence-electron chi connectivity index (χ4n) is 1.53. The van der Waals surface area contributed by atoms with Crippen LogP contribution in [0.5, 0.6) is 0 Å². The summed E-state index contributed by atoms with van der Waals surface area (Å²) < 4.78 is 2.99. The molecule has 0 spiro atoms. The summed E-state index contributed by atoms with van der Waals surface area (Å²) in [6.07, 6.45) is 3.15. The highest BCUT2D eigenvalue weighted by atomic mass is 79.9. The van der Waals surface area contributed by atoms with E-state index in [0.717, 1.165) is 4.57 Å². The van der Waals surface area contributed by atoms with Gasteiger partial charge in [0.05, 0.1) is 15.3 Å². The molecule has 0 amide bonds. The molecular formula is C10H8Br2N4O2. The first kappa shape index (κ1) is 13.2. The lowest BCUT2D eigenvalue weighted by molar-refractivity contribution is 0.704. The Balaban J connectivity index is 2.91. The van der Waals surface area contributed by atoms with Gasteiger partial charge in [0.15, 0.2) is 11.2 Å². The van der Waals surface area contributed by atoms with Crippen LogP contribution in [0.3, 0.4) is 0 Å². The molecule has 6 nitrogen and oxygen atoms in total. The fourth-order valence-corrected chi connectivity index (χ4v) is 2.00. The van der Waals surface area contributed by atoms with Crippen molar-refractivity contribution in [2.75, 3.05) is 0 Å². The second-order valence-corrected chi connectivity index (χ2v) is 6.38. The van der Waals surface area contributed by atoms with Crippen molar-refractivity contribution in [2.45, 2.75) is 0 Å². The number of aromatic nitrogens is 4. The highest BCUT2D eigenvalue weighted by Crippen LogP contribution is 2.16. The molecule has 0 aromatic carbocycles. The van der Waals surface area contributed by atoms with E-state index in [1.807, 2.05) is 0 Å². The normalized spacial score (nSPS) is 10.7. The number of hydrogen-bond acceptors (Lipinski definition) is 4. The predicted molar refractivity (Wildman–Crippen MR) is 75.9 cm³/mol. The number of halogens is 2. The Morgan fingerprint density at radius 1 is 1.28 bits per heavy atom. The van der Waals surface area contributed by atoms with Gasteiger partial charge in [-0.2, -0.15) is 0 Å². The predicted octanol–water partition coefficient (Wildman–Crippen LogP) is 1.12. The van der Waals surface area contributed by atoms with Crippen LogP contribution in [0.15, 0.2) is 19.2 Å². The van der Waals surface area contributed by atoms with Gasteiger partial charge in [0.25, 0.3) is 5.56 Å². The zero-order valence-electron chi connectivity index (χ0n) is 9.52. The molecule has 0 fully saturated rings. The molecule has 0 aliphatic rings. The van der Waals surface area contributed by atoms with E-state index in [1.165, 1.54) is 17.8 Å². The number of rotatable bonds is 1. The molecule has 0 aliphatic carbocycles. The summed E-state index contributed by atoms with van der Waals surface area (Å²) in [5.74, 6) is 0. The van der Waals surface area contributed by atoms with Crippen LogP contribution in [-0.4, -0.2) is 19.1 Å². The van der Waals surface area contributed by atoms with Gasteiger partial charge in [-0.05, 0) is 37.9 Å². The van der Waals surface area contributed by atoms with Crippen LogP contribution >= 0.6 is 31.9 Å². The maximum Gasteiger partial charge on any atom is 0.332 e. The molecule has 0 bridgehead atoms. The molecular weight excluding hydrogens is 368 g/mol. The van der Waals surface area contributed by atoms with Crippen LogP contribution < -0.4 is 11.2 Å². The summed E-state index contributed by atoms with van der Waals surface area (Å²) in [6, 6.07) is 0. The summed E-state index contributed by atoms with van der Waals surface area (Å²) in [4.78, 5) is 31.9. The molecule has 2 heterocycles. The fraction of sp³-hybridized carbons (Fsp3) is 0.200. The third-order valence-corrected chi connectivity index (χ3v) is 2.89. The minimum Gasteiger partial charge on any atom is -0.279 e. The van der Waals surface area contributed by atoms with Crippen molar-refractivity contribution in [3.63, 3.8) is 0 Å². The van der Waals surface area contributed by atoms with E-state index in [4.69, 9.17) is 0 Å². The highest BCUT2D eigenvalue weighted by Gasteiger charge is 2.10. The lowest BCUT2D eigenvalue weighted by atomic mass is 10.4. The molecule has 2 aromatic rings. The second-order valence-electron chi connectivity index (χ2n) is 3.61. The van der Waals surface area contributed by atoms with Crippen molar-refractivity contribution in [1.29, 1.82) is 0 Å². The molecule has 0 saturated heterocycles. The van der Waals surface area contributed by atoms with Crippen LogP contribution in [-0.2, 0) is 14.1 Å². The first-order valence-corrected chi connectivity index (χ1v) is 6.46. The maximum atomic E-state index is 11.9. The molecule has 0 radical (unpaired) electrons. The molecule has 0 saturated carbocycles. The van der Waals surface area contributed by atoms with Gasteiger partial charge in [-0.1, -0.05) is 0 Å². The van der Waals surface area contributed by atoms with Crippen LogP contribution in [0.4, 0.5) is 0 Å². The van der Waals surface area contributed by atoms with E-state index < -0.39 is 11.2 Å². The van der Waals surface area contributed by atoms with Gasteiger partial charge in [0.1, 0.15) is 0 Å². The summed E-state index contributed by atoms with van der Waals surface area (Å²) >= 11 is 6.41. The van der Waals surface area contributed by atoms with Crippen molar-refractivity contribution in [1.82, 2.24) is 19.1 Å². The smallest absolute Gasteiger partial charge is 0.279 e. The Bertz CT molecular complexity index is 772. The lowest BCUT2D eigenvalue weighted by Crippen LogP contribution is -2.37. The van der Waals surface area contributed by atoms with Gasteiger partial charge in [-0.3, -0.25) is 13.9 Å². The monoisotopic (exact) mass is 374 g/mol. The molecule has 0 unspecified atom stereocenters. The topological polar surface area (TPSA) is 69.8 Å². The standard InChI is InChI=1S/C10H8Br2N4O2/c1-15-8-7(9(17)16(2)10(15)18)14-5(4-13-8)3-6(11)12/h3-4H,1-2H3. The highest BCUT2D eigenvalue weighted by molar-refractivity contribution is 9.28. The summed E-state index contributed by atoms with van der Waals surface area (Å²) in [6.45, 7) is 0. The van der Waals surface area contributed by atoms with Crippen LogP contribution in [0.25, 0.3) is 17.2 Å². The van der Waals surface area contributed by atoms with Crippen molar-refractivity contribution in [3.8, 4) is 0 Å². The second kappa shape index (κ2) is 4.77. The van der Waals surface area contributed by atoms with Gasteiger partial charge in [-0.25, -0.2) is 14.8 Å². The molecule has 94 valence electrons. The van der Waals surface area contributed by atoms with Gasteiger partial charge in [0, 0.05) is 14.1 Å². The Morgan fingerprint density at radius 3 is 2.56 bits per heavy atom. The Morgan fingerprint density at radius 2 is 1.94 bits per heavy atom. The molecule has 8 heteroatoms. The zero-order valence-corrected chi connectivity index (χ0v) is 12.7. The van der Waals surface area contributed by atoms with Crippen molar-refractivity contribution < 1.29 is 0 Å². The van der Waals surface area contributed by atoms with Gasteiger partial charge in [-0.15, -0.1) is 0 Å². The SMILES string of the molecule is Cn1c(=O)c2nc(C=C(Br)Br)cnc2n(C)c1=O. The van der Waals surface area contributed by atoms with Crippen LogP contribution in [0.2, 0.25) is 0 Å². The molecule has 0 atom stereocenters. The van der Waals surface area contributed by atoms with E-state index in [0.29, 0.717) is 9.09 Å². The number of hydrogen-bond donors (Lipinski definition) is 0. The summed E-state index contributed by atoms with van der Waals surface area (Å²) in [5, 5.41) is 0. The molecule has 0 aliphatic heterocycles. The van der Waals surface area contributed by atoms with Crippen molar-refractivity contribution in [3.05, 3.63) is 36.1 Å². The van der Waals surface area contributed by atoms with Gasteiger partial charge in [0.2, 0.25) is 0 Å². The van der Waals surface area contributed by atoms with Gasteiger partial charge >= 0.3 is 5.69 Å². The molecule has 2 aromatic heterocycles. The minimum atomic E-state index is -0.457. The third-order valence-electron chi connectivity index (χ3n) is 2.43. The van der Waals surface area contributed by atoms with Crippen LogP contribution in [0, 0.1) is 0 Å². The Labute approximate surface area is 118 Å². The molecule has 0 N–H and O–H groups in total. The van der Waals surface area contributed by atoms with Crippen LogP contribution in [0.1, 0.15) is 5.69 Å². The lowest BCUT2D eigenvalue weighted by Gasteiger charge is -2.05. The van der Waals surface area contributed by atoms with Gasteiger partial charge < -0.3 is 0 Å². The molecule has 2 rings (SSSR count). The van der Waals surface area contributed by atoms with E-state index in [1.54, 1.807) is 13.1 Å². The first-order chi connectivity index (χ1) is 8.41. The average Bonchev–Trinajstić information content (AvgIpc) is 2.33. The third kappa shape index (κ3) is 2.17. The Hall–Kier alpha value is -1.28. The van der Waals surface area contributed by atoms with E-state index in [-0.39, 0.29) is 11.2 Å². The molecule has 18 heavy (non-hydrogen) atoms. The summed E-state index contributed by atoms with van der Waals surface area (Å²) in [7, 11) is 2.96. The number of aryl methyl sites for hydroxylation is 1. The van der Waals surface area contributed by atoms with E-state index >= 15 is 0 Å². The quantitative estimate of drug-likeness (QED) is 0.748. The summed E-state index contributed by atoms with van der Waals surface area (Å²) in [5.41, 5.74) is 0.0656. The van der Waals surface area contributed by atoms with Crippen molar-refractivity contribution >= 4 is 49.1 Å². The first-order valence-electron chi connectivity index (χ1n) is 4.87. The Kier molecular flexibility index (Phi) is 3.49. The van der Waals surface area contributed by atoms with E-state index in [2.05, 4.69) is 41.8 Å². The van der Waals surface area contributed by atoms with E-state index in [9.17, 15) is 9.59 Å². The number of nitrogens with zero attached hydrogens (tertiary/aromatic N) is 4. The largest absolute Gasteiger partial charge is 0.332 e. The maximum absolute atomic E-state index is 11.9. The van der Waals surface area contributed by atoms with Crippen molar-refractivity contribution in [2.24, 2.45) is 14.1 Å². The average molecular weight is 376 g/mol. The minimum absolute atomic E-state index is 0.162. The zero-order chi connectivity index (χ0) is 13.4. The number of fused-ring (bicyclic) bond motifs is 1.